The Morgan fingerprint density at radius 3 is 2.62 bits per heavy atom. The predicted molar refractivity (Wildman–Crippen MR) is 84.2 cm³/mol. The monoisotopic (exact) mass is 354 g/mol. The van der Waals surface area contributed by atoms with E-state index in [0.717, 1.165) is 29.4 Å². The summed E-state index contributed by atoms with van der Waals surface area (Å²) < 4.78 is 0.959. The molecule has 0 aromatic heterocycles. The second kappa shape index (κ2) is 7.56. The Morgan fingerprint density at radius 1 is 1.24 bits per heavy atom. The lowest BCUT2D eigenvalue weighted by molar-refractivity contribution is -0.143. The molecule has 21 heavy (non-hydrogen) atoms. The van der Waals surface area contributed by atoms with E-state index >= 15 is 0 Å². The zero-order chi connectivity index (χ0) is 15.2. The molecule has 2 unspecified atom stereocenters. The van der Waals surface area contributed by atoms with Crippen molar-refractivity contribution >= 4 is 33.5 Å². The second-order valence-electron chi connectivity index (χ2n) is 5.33. The zero-order valence-corrected chi connectivity index (χ0v) is 13.2. The molecule has 1 amide bonds. The molecule has 114 valence electrons. The molecule has 0 heterocycles. The number of carboxylic acid groups (broad SMARTS) is 1. The van der Waals surface area contributed by atoms with Crippen LogP contribution in [0.3, 0.4) is 0 Å². The van der Waals surface area contributed by atoms with E-state index in [1.807, 2.05) is 24.3 Å². The van der Waals surface area contributed by atoms with Gasteiger partial charge in [0.2, 0.25) is 5.91 Å². The van der Waals surface area contributed by atoms with Gasteiger partial charge in [-0.15, -0.1) is 0 Å². The maximum absolute atomic E-state index is 11.9. The van der Waals surface area contributed by atoms with Gasteiger partial charge in [0.1, 0.15) is 0 Å². The molecule has 0 saturated heterocycles. The number of benzene rings is 1. The fourth-order valence-corrected chi connectivity index (χ4v) is 2.84. The van der Waals surface area contributed by atoms with Gasteiger partial charge >= 0.3 is 5.97 Å². The quantitative estimate of drug-likeness (QED) is 0.759. The molecule has 2 rings (SSSR count). The number of carbonyl (C=O) groups excluding carboxylic acids is 1. The Morgan fingerprint density at radius 2 is 1.95 bits per heavy atom. The average Bonchev–Trinajstić information content (AvgIpc) is 2.48. The maximum atomic E-state index is 11.9. The van der Waals surface area contributed by atoms with Gasteiger partial charge in [-0.1, -0.05) is 22.4 Å². The van der Waals surface area contributed by atoms with Crippen LogP contribution in [0.25, 0.3) is 0 Å². The van der Waals surface area contributed by atoms with Crippen molar-refractivity contribution in [3.63, 3.8) is 0 Å². The Labute approximate surface area is 132 Å². The SMILES string of the molecule is O=C(CNC1CCCC(C(=O)O)C1)Nc1ccc(Br)cc1. The number of halogens is 1. The Kier molecular flexibility index (Phi) is 5.76. The standard InChI is InChI=1S/C15H19BrN2O3/c16-11-4-6-12(7-5-11)18-14(19)9-17-13-3-1-2-10(8-13)15(20)21/h4-7,10,13,17H,1-3,8-9H2,(H,18,19)(H,20,21). The smallest absolute Gasteiger partial charge is 0.306 e. The molecule has 5 nitrogen and oxygen atoms in total. The van der Waals surface area contributed by atoms with Gasteiger partial charge in [-0.2, -0.15) is 0 Å². The summed E-state index contributed by atoms with van der Waals surface area (Å²) in [7, 11) is 0. The minimum absolute atomic E-state index is 0.107. The molecule has 1 aliphatic carbocycles. The molecule has 1 aromatic carbocycles. The highest BCUT2D eigenvalue weighted by atomic mass is 79.9. The molecule has 0 radical (unpaired) electrons. The molecule has 3 N–H and O–H groups in total. The van der Waals surface area contributed by atoms with E-state index in [1.54, 1.807) is 0 Å². The summed E-state index contributed by atoms with van der Waals surface area (Å²) in [6.07, 6.45) is 3.15. The van der Waals surface area contributed by atoms with Crippen LogP contribution in [0.4, 0.5) is 5.69 Å². The molecular weight excluding hydrogens is 336 g/mol. The van der Waals surface area contributed by atoms with Gasteiger partial charge in [-0.05, 0) is 43.5 Å². The van der Waals surface area contributed by atoms with Crippen LogP contribution in [0.1, 0.15) is 25.7 Å². The van der Waals surface area contributed by atoms with E-state index in [2.05, 4.69) is 26.6 Å². The summed E-state index contributed by atoms with van der Waals surface area (Å²) in [5, 5.41) is 15.0. The molecule has 1 aliphatic rings. The van der Waals surface area contributed by atoms with Gasteiger partial charge in [0.25, 0.3) is 0 Å². The fourth-order valence-electron chi connectivity index (χ4n) is 2.57. The normalized spacial score (nSPS) is 21.8. The summed E-state index contributed by atoms with van der Waals surface area (Å²) in [5.41, 5.74) is 0.747. The van der Waals surface area contributed by atoms with Crippen molar-refractivity contribution in [3.8, 4) is 0 Å². The predicted octanol–water partition coefficient (Wildman–Crippen LogP) is 2.62. The summed E-state index contributed by atoms with van der Waals surface area (Å²) in [4.78, 5) is 22.8. The van der Waals surface area contributed by atoms with E-state index in [-0.39, 0.29) is 24.4 Å². The second-order valence-corrected chi connectivity index (χ2v) is 6.25. The lowest BCUT2D eigenvalue weighted by atomic mass is 9.86. The van der Waals surface area contributed by atoms with E-state index in [1.165, 1.54) is 0 Å². The van der Waals surface area contributed by atoms with Crippen LogP contribution < -0.4 is 10.6 Å². The number of nitrogens with one attached hydrogen (secondary N) is 2. The minimum Gasteiger partial charge on any atom is -0.481 e. The number of rotatable bonds is 5. The lowest BCUT2D eigenvalue weighted by Gasteiger charge is -2.27. The van der Waals surface area contributed by atoms with Crippen molar-refractivity contribution in [1.82, 2.24) is 5.32 Å². The van der Waals surface area contributed by atoms with Gasteiger partial charge in [0.05, 0.1) is 12.5 Å². The molecule has 6 heteroatoms. The highest BCUT2D eigenvalue weighted by Crippen LogP contribution is 2.24. The average molecular weight is 355 g/mol. The fraction of sp³-hybridized carbons (Fsp3) is 0.467. The van der Waals surface area contributed by atoms with Crippen LogP contribution in [0, 0.1) is 5.92 Å². The third-order valence-corrected chi connectivity index (χ3v) is 4.23. The topological polar surface area (TPSA) is 78.4 Å². The summed E-state index contributed by atoms with van der Waals surface area (Å²) in [6.45, 7) is 0.201. The van der Waals surface area contributed by atoms with Crippen LogP contribution >= 0.6 is 15.9 Å². The van der Waals surface area contributed by atoms with Gasteiger partial charge in [-0.3, -0.25) is 9.59 Å². The van der Waals surface area contributed by atoms with Crippen LogP contribution in [-0.2, 0) is 9.59 Å². The van der Waals surface area contributed by atoms with E-state index in [0.29, 0.717) is 6.42 Å². The van der Waals surface area contributed by atoms with Crippen LogP contribution in [-0.4, -0.2) is 29.6 Å². The van der Waals surface area contributed by atoms with Crippen LogP contribution in [0.2, 0.25) is 0 Å². The summed E-state index contributed by atoms with van der Waals surface area (Å²) >= 11 is 3.34. The number of carbonyl (C=O) groups is 2. The first-order valence-electron chi connectivity index (χ1n) is 7.06. The van der Waals surface area contributed by atoms with Crippen molar-refractivity contribution in [1.29, 1.82) is 0 Å². The Bertz CT molecular complexity index is 504. The third-order valence-electron chi connectivity index (χ3n) is 3.70. The molecule has 1 fully saturated rings. The van der Waals surface area contributed by atoms with Crippen molar-refractivity contribution in [2.24, 2.45) is 5.92 Å². The molecule has 1 saturated carbocycles. The third kappa shape index (κ3) is 5.13. The number of aliphatic carboxylic acids is 1. The highest BCUT2D eigenvalue weighted by Gasteiger charge is 2.26. The van der Waals surface area contributed by atoms with E-state index < -0.39 is 5.97 Å². The molecule has 0 aliphatic heterocycles. The van der Waals surface area contributed by atoms with Crippen molar-refractivity contribution in [3.05, 3.63) is 28.7 Å². The highest BCUT2D eigenvalue weighted by molar-refractivity contribution is 9.10. The summed E-state index contributed by atoms with van der Waals surface area (Å²) in [5.74, 6) is -1.14. The molecule has 0 spiro atoms. The van der Waals surface area contributed by atoms with Gasteiger partial charge in [0, 0.05) is 16.2 Å². The van der Waals surface area contributed by atoms with Gasteiger partial charge < -0.3 is 15.7 Å². The number of amides is 1. The number of hydrogen-bond donors (Lipinski definition) is 3. The van der Waals surface area contributed by atoms with Crippen molar-refractivity contribution in [2.75, 3.05) is 11.9 Å². The van der Waals surface area contributed by atoms with Gasteiger partial charge in [0.15, 0.2) is 0 Å². The van der Waals surface area contributed by atoms with Crippen molar-refractivity contribution in [2.45, 2.75) is 31.7 Å². The lowest BCUT2D eigenvalue weighted by Crippen LogP contribution is -2.40. The Balaban J connectivity index is 1.76. The van der Waals surface area contributed by atoms with Gasteiger partial charge in [-0.25, -0.2) is 0 Å². The first-order valence-corrected chi connectivity index (χ1v) is 7.85. The molecule has 1 aromatic rings. The molecular formula is C15H19BrN2O3. The first kappa shape index (κ1) is 16.0. The zero-order valence-electron chi connectivity index (χ0n) is 11.6. The molecule has 0 bridgehead atoms. The number of carboxylic acids is 1. The first-order chi connectivity index (χ1) is 10.0. The minimum atomic E-state index is -0.735. The van der Waals surface area contributed by atoms with E-state index in [9.17, 15) is 9.59 Å². The molecule has 2 atom stereocenters. The maximum Gasteiger partial charge on any atom is 0.306 e. The van der Waals surface area contributed by atoms with Crippen LogP contribution in [0.5, 0.6) is 0 Å². The van der Waals surface area contributed by atoms with E-state index in [4.69, 9.17) is 5.11 Å². The Hall–Kier alpha value is -1.40. The number of hydrogen-bond acceptors (Lipinski definition) is 3. The number of anilines is 1. The summed E-state index contributed by atoms with van der Waals surface area (Å²) in [6, 6.07) is 7.48. The largest absolute Gasteiger partial charge is 0.481 e. The van der Waals surface area contributed by atoms with Crippen LogP contribution in [0.15, 0.2) is 28.7 Å². The van der Waals surface area contributed by atoms with Crippen molar-refractivity contribution < 1.29 is 14.7 Å².